The van der Waals surface area contributed by atoms with Crippen molar-refractivity contribution < 1.29 is 19.3 Å². The van der Waals surface area contributed by atoms with Crippen molar-refractivity contribution in [3.05, 3.63) is 28.8 Å². The average molecular weight is 285 g/mol. The Morgan fingerprint density at radius 2 is 2.45 bits per heavy atom. The predicted molar refractivity (Wildman–Crippen MR) is 69.5 cm³/mol. The first-order valence-corrected chi connectivity index (χ1v) is 6.01. The van der Waals surface area contributed by atoms with Crippen molar-refractivity contribution >= 4 is 11.9 Å². The molecule has 1 aromatic rings. The molecule has 3 atom stereocenters. The summed E-state index contributed by atoms with van der Waals surface area (Å²) >= 11 is 0. The molecule has 0 amide bonds. The van der Waals surface area contributed by atoms with Crippen LogP contribution < -0.4 is 11.4 Å². The van der Waals surface area contributed by atoms with E-state index in [4.69, 9.17) is 10.5 Å². The quantitative estimate of drug-likeness (QED) is 0.684. The minimum absolute atomic E-state index is 0.0266. The van der Waals surface area contributed by atoms with Gasteiger partial charge in [0.1, 0.15) is 24.3 Å². The first-order valence-electron chi connectivity index (χ1n) is 6.01. The zero-order valence-corrected chi connectivity index (χ0v) is 10.7. The maximum atomic E-state index is 13.0. The number of aromatic nitrogens is 2. The van der Waals surface area contributed by atoms with Gasteiger partial charge in [-0.1, -0.05) is 12.7 Å². The second-order valence-electron chi connectivity index (χ2n) is 4.66. The van der Waals surface area contributed by atoms with Crippen molar-refractivity contribution in [1.29, 1.82) is 0 Å². The number of halogens is 1. The molecule has 8 heteroatoms. The molecule has 0 radical (unpaired) electrons. The fourth-order valence-electron chi connectivity index (χ4n) is 2.14. The maximum absolute atomic E-state index is 13.0. The van der Waals surface area contributed by atoms with Crippen molar-refractivity contribution in [3.8, 4) is 0 Å². The highest BCUT2D eigenvalue weighted by atomic mass is 19.1. The van der Waals surface area contributed by atoms with E-state index in [0.29, 0.717) is 5.56 Å². The van der Waals surface area contributed by atoms with Crippen LogP contribution in [0.1, 0.15) is 18.2 Å². The van der Waals surface area contributed by atoms with E-state index >= 15 is 0 Å². The number of hydrogen-bond acceptors (Lipinski definition) is 6. The van der Waals surface area contributed by atoms with E-state index in [1.165, 1.54) is 12.3 Å². The summed E-state index contributed by atoms with van der Waals surface area (Å²) in [5.74, 6) is 0.0266. The van der Waals surface area contributed by atoms with Gasteiger partial charge < -0.3 is 20.7 Å². The van der Waals surface area contributed by atoms with E-state index in [9.17, 15) is 19.4 Å². The summed E-state index contributed by atoms with van der Waals surface area (Å²) in [5, 5.41) is 19.0. The SMILES string of the molecule is C=Cc1cn([C@H]2C[C@H](O)[C@](CO)(CF)O2)c(=O)nc1N. The maximum Gasteiger partial charge on any atom is 0.351 e. The number of hydrogen-bond donors (Lipinski definition) is 3. The Balaban J connectivity index is 2.39. The van der Waals surface area contributed by atoms with Crippen molar-refractivity contribution in [3.63, 3.8) is 0 Å². The number of rotatable bonds is 4. The smallest absolute Gasteiger partial charge is 0.351 e. The van der Waals surface area contributed by atoms with Crippen LogP contribution in [-0.4, -0.2) is 44.8 Å². The van der Waals surface area contributed by atoms with Crippen LogP contribution in [0, 0.1) is 0 Å². The van der Waals surface area contributed by atoms with Gasteiger partial charge in [0.2, 0.25) is 0 Å². The lowest BCUT2D eigenvalue weighted by Gasteiger charge is -2.26. The number of aliphatic hydroxyl groups excluding tert-OH is 2. The second kappa shape index (κ2) is 5.31. The molecular weight excluding hydrogens is 269 g/mol. The van der Waals surface area contributed by atoms with Crippen LogP contribution in [0.15, 0.2) is 17.6 Å². The Bertz CT molecular complexity index is 570. The molecule has 0 spiro atoms. The lowest BCUT2D eigenvalue weighted by atomic mass is 10.00. The Morgan fingerprint density at radius 1 is 1.75 bits per heavy atom. The number of aliphatic hydroxyl groups is 2. The van der Waals surface area contributed by atoms with Crippen molar-refractivity contribution in [1.82, 2.24) is 9.55 Å². The molecule has 0 aromatic carbocycles. The number of alkyl halides is 1. The molecule has 110 valence electrons. The molecule has 0 unspecified atom stereocenters. The molecule has 2 rings (SSSR count). The molecule has 1 aromatic heterocycles. The molecule has 4 N–H and O–H groups in total. The second-order valence-corrected chi connectivity index (χ2v) is 4.66. The van der Waals surface area contributed by atoms with Crippen LogP contribution in [0.3, 0.4) is 0 Å². The van der Waals surface area contributed by atoms with Crippen molar-refractivity contribution in [2.45, 2.75) is 24.4 Å². The van der Waals surface area contributed by atoms with E-state index < -0.39 is 36.9 Å². The summed E-state index contributed by atoms with van der Waals surface area (Å²) in [5.41, 5.74) is 3.58. The molecule has 1 saturated heterocycles. The normalized spacial score (nSPS) is 29.6. The summed E-state index contributed by atoms with van der Waals surface area (Å²) in [4.78, 5) is 15.4. The highest BCUT2D eigenvalue weighted by Gasteiger charge is 2.49. The third-order valence-electron chi connectivity index (χ3n) is 3.44. The van der Waals surface area contributed by atoms with E-state index in [0.717, 1.165) is 4.57 Å². The summed E-state index contributed by atoms with van der Waals surface area (Å²) in [6.07, 6.45) is 0.608. The largest absolute Gasteiger partial charge is 0.393 e. The molecule has 1 fully saturated rings. The van der Waals surface area contributed by atoms with Crippen LogP contribution >= 0.6 is 0 Å². The number of anilines is 1. The molecular formula is C12H16FN3O4. The number of nitrogen functional groups attached to an aromatic ring is 1. The minimum atomic E-state index is -1.71. The van der Waals surface area contributed by atoms with Crippen LogP contribution in [0.2, 0.25) is 0 Å². The fourth-order valence-corrected chi connectivity index (χ4v) is 2.14. The first kappa shape index (κ1) is 14.6. The number of nitrogens with zero attached hydrogens (tertiary/aromatic N) is 2. The summed E-state index contributed by atoms with van der Waals surface area (Å²) in [6, 6.07) is 0. The molecule has 1 aliphatic heterocycles. The molecule has 0 bridgehead atoms. The van der Waals surface area contributed by atoms with Gasteiger partial charge in [-0.05, 0) is 0 Å². The Labute approximate surface area is 114 Å². The van der Waals surface area contributed by atoms with Gasteiger partial charge in [0, 0.05) is 18.2 Å². The van der Waals surface area contributed by atoms with E-state index in [2.05, 4.69) is 11.6 Å². The summed E-state index contributed by atoms with van der Waals surface area (Å²) < 4.78 is 19.5. The van der Waals surface area contributed by atoms with Crippen LogP contribution in [0.5, 0.6) is 0 Å². The average Bonchev–Trinajstić information content (AvgIpc) is 2.76. The molecule has 2 heterocycles. The van der Waals surface area contributed by atoms with E-state index in [1.807, 2.05) is 0 Å². The zero-order chi connectivity index (χ0) is 14.9. The Hall–Kier alpha value is -1.77. The lowest BCUT2D eigenvalue weighted by Crippen LogP contribution is -2.45. The predicted octanol–water partition coefficient (Wildman–Crippen LogP) is -0.551. The van der Waals surface area contributed by atoms with Gasteiger partial charge in [-0.15, -0.1) is 0 Å². The van der Waals surface area contributed by atoms with Crippen LogP contribution in [-0.2, 0) is 4.74 Å². The topological polar surface area (TPSA) is 111 Å². The molecule has 0 aliphatic carbocycles. The number of nitrogens with two attached hydrogens (primary N) is 1. The molecule has 20 heavy (non-hydrogen) atoms. The molecule has 7 nitrogen and oxygen atoms in total. The minimum Gasteiger partial charge on any atom is -0.393 e. The van der Waals surface area contributed by atoms with Gasteiger partial charge in [-0.25, -0.2) is 9.18 Å². The standard InChI is InChI=1S/C12H16FN3O4/c1-2-7-4-16(11(19)15-10(7)14)9-3-8(18)12(5-13,6-17)20-9/h2,4,8-9,17-18H,1,3,5-6H2,(H2,14,15,19)/t8-,9+,12+/m0/s1. The Kier molecular flexibility index (Phi) is 3.89. The van der Waals surface area contributed by atoms with Gasteiger partial charge in [0.05, 0.1) is 12.7 Å². The Morgan fingerprint density at radius 3 is 2.95 bits per heavy atom. The van der Waals surface area contributed by atoms with Gasteiger partial charge in [0.15, 0.2) is 0 Å². The van der Waals surface area contributed by atoms with Crippen molar-refractivity contribution in [2.75, 3.05) is 19.0 Å². The third-order valence-corrected chi connectivity index (χ3v) is 3.44. The summed E-state index contributed by atoms with van der Waals surface area (Å²) in [6.45, 7) is 1.79. The van der Waals surface area contributed by atoms with E-state index in [-0.39, 0.29) is 12.2 Å². The zero-order valence-electron chi connectivity index (χ0n) is 10.7. The molecule has 0 saturated carbocycles. The van der Waals surface area contributed by atoms with Gasteiger partial charge in [-0.3, -0.25) is 4.57 Å². The fraction of sp³-hybridized carbons (Fsp3) is 0.500. The summed E-state index contributed by atoms with van der Waals surface area (Å²) in [7, 11) is 0. The van der Waals surface area contributed by atoms with Gasteiger partial charge >= 0.3 is 5.69 Å². The highest BCUT2D eigenvalue weighted by Crippen LogP contribution is 2.36. The number of ether oxygens (including phenoxy) is 1. The van der Waals surface area contributed by atoms with Crippen LogP contribution in [0.25, 0.3) is 6.08 Å². The van der Waals surface area contributed by atoms with Gasteiger partial charge in [0.25, 0.3) is 0 Å². The third kappa shape index (κ3) is 2.21. The first-order chi connectivity index (χ1) is 9.47. The van der Waals surface area contributed by atoms with Crippen molar-refractivity contribution in [2.24, 2.45) is 0 Å². The molecule has 1 aliphatic rings. The van der Waals surface area contributed by atoms with Gasteiger partial charge in [-0.2, -0.15) is 4.98 Å². The van der Waals surface area contributed by atoms with E-state index in [1.54, 1.807) is 0 Å². The lowest BCUT2D eigenvalue weighted by molar-refractivity contribution is -0.137. The van der Waals surface area contributed by atoms with Crippen LogP contribution in [0.4, 0.5) is 10.2 Å². The monoisotopic (exact) mass is 285 g/mol. The highest BCUT2D eigenvalue weighted by molar-refractivity contribution is 5.57.